The van der Waals surface area contributed by atoms with Crippen LogP contribution in [0.1, 0.15) is 9.81 Å². The van der Waals surface area contributed by atoms with Gasteiger partial charge >= 0.3 is 0 Å². The van der Waals surface area contributed by atoms with Crippen LogP contribution in [0.3, 0.4) is 0 Å². The smallest absolute Gasteiger partial charge is 0.240 e. The summed E-state index contributed by atoms with van der Waals surface area (Å²) in [6, 6.07) is 1.47. The molecule has 0 atom stereocenters. The van der Waals surface area contributed by atoms with Crippen molar-refractivity contribution >= 4 is 11.6 Å². The van der Waals surface area contributed by atoms with Crippen molar-refractivity contribution < 1.29 is 31.0 Å². The average Bonchev–Trinajstić information content (AvgIpc) is 2.15. The highest BCUT2D eigenvalue weighted by molar-refractivity contribution is 6.17. The highest BCUT2D eigenvalue weighted by Crippen LogP contribution is 2.27. The molecule has 74 valence electrons. The van der Waals surface area contributed by atoms with E-state index in [1.54, 1.807) is 6.20 Å². The molecule has 1 rings (SSSR count). The largest absolute Gasteiger partial charge is 1.00 e. The number of rotatable bonds is 3. The molecule has 0 saturated carbocycles. The van der Waals surface area contributed by atoms with Gasteiger partial charge in [0.25, 0.3) is 0 Å². The SMILES string of the molecule is [2H]C([2H])([2H])Oc1cc[nH+]c(CCl)c1OC.[Cl-]. The molecule has 0 amide bonds. The minimum atomic E-state index is -2.50. The van der Waals surface area contributed by atoms with Crippen LogP contribution in [-0.4, -0.2) is 14.1 Å². The quantitative estimate of drug-likeness (QED) is 0.574. The van der Waals surface area contributed by atoms with Gasteiger partial charge in [0.2, 0.25) is 11.4 Å². The molecule has 1 aromatic rings. The molecule has 0 aliphatic heterocycles. The Bertz CT molecular complexity index is 347. The van der Waals surface area contributed by atoms with Crippen LogP contribution in [0.2, 0.25) is 0 Å². The minimum Gasteiger partial charge on any atom is -1.00 e. The normalized spacial score (nSPS) is 13.2. The Morgan fingerprint density at radius 3 is 2.92 bits per heavy atom. The Labute approximate surface area is 92.6 Å². The third kappa shape index (κ3) is 2.64. The lowest BCUT2D eigenvalue weighted by atomic mass is 10.3. The van der Waals surface area contributed by atoms with Crippen LogP contribution in [0.5, 0.6) is 11.5 Å². The number of aromatic amines is 1. The summed E-state index contributed by atoms with van der Waals surface area (Å²) in [5, 5.41) is 0. The Morgan fingerprint density at radius 1 is 1.62 bits per heavy atom. The predicted molar refractivity (Wildman–Crippen MR) is 45.7 cm³/mol. The summed E-state index contributed by atoms with van der Waals surface area (Å²) in [4.78, 5) is 2.84. The molecule has 0 aromatic carbocycles. The van der Waals surface area contributed by atoms with Crippen LogP contribution in [0.4, 0.5) is 0 Å². The number of nitrogens with one attached hydrogen (secondary N) is 1. The fourth-order valence-corrected chi connectivity index (χ4v) is 1.11. The van der Waals surface area contributed by atoms with E-state index in [1.807, 2.05) is 0 Å². The third-order valence-corrected chi connectivity index (χ3v) is 1.71. The van der Waals surface area contributed by atoms with Crippen LogP contribution in [0.25, 0.3) is 0 Å². The van der Waals surface area contributed by atoms with Crippen LogP contribution in [0, 0.1) is 0 Å². The molecular formula is C8H11Cl2NO2. The van der Waals surface area contributed by atoms with E-state index in [0.29, 0.717) is 11.4 Å². The molecule has 1 N–H and O–H groups in total. The molecule has 0 spiro atoms. The molecule has 0 radical (unpaired) electrons. The van der Waals surface area contributed by atoms with Gasteiger partial charge in [0, 0.05) is 6.07 Å². The fourth-order valence-electron chi connectivity index (χ4n) is 0.911. The van der Waals surface area contributed by atoms with Crippen molar-refractivity contribution in [2.24, 2.45) is 0 Å². The summed E-state index contributed by atoms with van der Waals surface area (Å²) < 4.78 is 30.7. The lowest BCUT2D eigenvalue weighted by Gasteiger charge is -2.05. The number of pyridine rings is 1. The zero-order valence-electron chi connectivity index (χ0n) is 9.93. The average molecular weight is 227 g/mol. The Morgan fingerprint density at radius 2 is 2.38 bits per heavy atom. The van der Waals surface area contributed by atoms with E-state index in [1.165, 1.54) is 13.2 Å². The summed E-state index contributed by atoms with van der Waals surface area (Å²) in [7, 11) is -1.08. The topological polar surface area (TPSA) is 32.6 Å². The highest BCUT2D eigenvalue weighted by atomic mass is 35.5. The van der Waals surface area contributed by atoms with Crippen LogP contribution >= 0.6 is 11.6 Å². The summed E-state index contributed by atoms with van der Waals surface area (Å²) in [5.74, 6) is 0.636. The van der Waals surface area contributed by atoms with Gasteiger partial charge in [0.15, 0.2) is 11.9 Å². The van der Waals surface area contributed by atoms with Gasteiger partial charge in [-0.3, -0.25) is 0 Å². The number of methoxy groups -OCH3 is 2. The standard InChI is InChI=1S/C8H10ClNO2.ClH/c1-11-7-3-4-10-6(5-9)8(7)12-2;/h3-4H,5H2,1-2H3;1H/i1D3;. The maximum absolute atomic E-state index is 6.98. The summed E-state index contributed by atoms with van der Waals surface area (Å²) in [6.07, 6.45) is 1.54. The summed E-state index contributed by atoms with van der Waals surface area (Å²) in [6.45, 7) is 0. The number of alkyl halides is 1. The van der Waals surface area contributed by atoms with E-state index in [2.05, 4.69) is 4.98 Å². The Hall–Kier alpha value is -0.670. The van der Waals surface area contributed by atoms with Gasteiger partial charge in [-0.15, -0.1) is 11.6 Å². The van der Waals surface area contributed by atoms with Gasteiger partial charge < -0.3 is 21.9 Å². The highest BCUT2D eigenvalue weighted by Gasteiger charge is 2.14. The van der Waals surface area contributed by atoms with E-state index < -0.39 is 7.04 Å². The number of halogens is 2. The van der Waals surface area contributed by atoms with Crippen molar-refractivity contribution in [3.05, 3.63) is 18.0 Å². The van der Waals surface area contributed by atoms with Gasteiger partial charge in [0.05, 0.1) is 18.3 Å². The molecule has 0 bridgehead atoms. The van der Waals surface area contributed by atoms with Gasteiger partial charge in [-0.2, -0.15) is 0 Å². The van der Waals surface area contributed by atoms with Gasteiger partial charge in [-0.05, 0) is 0 Å². The molecule has 0 fully saturated rings. The van der Waals surface area contributed by atoms with E-state index in [4.69, 9.17) is 25.2 Å². The van der Waals surface area contributed by atoms with Crippen molar-refractivity contribution in [1.82, 2.24) is 0 Å². The molecule has 0 aliphatic rings. The minimum absolute atomic E-state index is 0. The third-order valence-electron chi connectivity index (χ3n) is 1.44. The summed E-state index contributed by atoms with van der Waals surface area (Å²) >= 11 is 5.65. The molecular weight excluding hydrogens is 213 g/mol. The zero-order valence-corrected chi connectivity index (χ0v) is 8.45. The van der Waals surface area contributed by atoms with Gasteiger partial charge in [0.1, 0.15) is 5.88 Å². The fraction of sp³-hybridized carbons (Fsp3) is 0.375. The maximum Gasteiger partial charge on any atom is 0.240 e. The van der Waals surface area contributed by atoms with Crippen LogP contribution in [-0.2, 0) is 5.88 Å². The number of ether oxygens (including phenoxy) is 2. The molecule has 5 heteroatoms. The Kier molecular flexibility index (Phi) is 3.49. The number of hydrogen-bond acceptors (Lipinski definition) is 2. The first-order valence-corrected chi connectivity index (χ1v) is 3.84. The zero-order chi connectivity index (χ0) is 11.5. The van der Waals surface area contributed by atoms with E-state index >= 15 is 0 Å². The van der Waals surface area contributed by atoms with E-state index in [0.717, 1.165) is 0 Å². The molecule has 1 heterocycles. The molecule has 0 unspecified atom stereocenters. The molecule has 1 aromatic heterocycles. The van der Waals surface area contributed by atoms with Crippen molar-refractivity contribution in [3.8, 4) is 11.5 Å². The second kappa shape index (κ2) is 5.89. The first-order valence-electron chi connectivity index (χ1n) is 4.80. The molecule has 3 nitrogen and oxygen atoms in total. The molecule has 13 heavy (non-hydrogen) atoms. The van der Waals surface area contributed by atoms with E-state index in [9.17, 15) is 0 Å². The van der Waals surface area contributed by atoms with Crippen LogP contribution in [0.15, 0.2) is 12.3 Å². The van der Waals surface area contributed by atoms with Crippen molar-refractivity contribution in [2.45, 2.75) is 5.88 Å². The van der Waals surface area contributed by atoms with Gasteiger partial charge in [-0.25, -0.2) is 4.98 Å². The van der Waals surface area contributed by atoms with Crippen molar-refractivity contribution in [2.75, 3.05) is 14.1 Å². The second-order valence-electron chi connectivity index (χ2n) is 2.09. The first-order chi connectivity index (χ1) is 6.98. The lowest BCUT2D eigenvalue weighted by Crippen LogP contribution is -3.00. The van der Waals surface area contributed by atoms with E-state index in [-0.39, 0.29) is 24.0 Å². The van der Waals surface area contributed by atoms with Gasteiger partial charge in [-0.1, -0.05) is 0 Å². The lowest BCUT2D eigenvalue weighted by molar-refractivity contribution is -0.389. The summed E-state index contributed by atoms with van der Waals surface area (Å²) in [5.41, 5.74) is 0.570. The molecule has 0 saturated heterocycles. The van der Waals surface area contributed by atoms with Crippen molar-refractivity contribution in [3.63, 3.8) is 0 Å². The number of H-pyrrole nitrogens is 1. The maximum atomic E-state index is 6.98. The Balaban J connectivity index is 0.00000225. The number of aromatic nitrogens is 1. The molecule has 0 aliphatic carbocycles. The number of hydrogen-bond donors (Lipinski definition) is 0. The van der Waals surface area contributed by atoms with Crippen molar-refractivity contribution in [1.29, 1.82) is 0 Å². The predicted octanol–water partition coefficient (Wildman–Crippen LogP) is -1.74. The first kappa shape index (κ1) is 7.71. The second-order valence-corrected chi connectivity index (χ2v) is 2.36. The van der Waals surface area contributed by atoms with Crippen LogP contribution < -0.4 is 26.9 Å². The monoisotopic (exact) mass is 226 g/mol.